The van der Waals surface area contributed by atoms with Crippen LogP contribution in [0.1, 0.15) is 18.4 Å². The highest BCUT2D eigenvalue weighted by atomic mass is 79.9. The van der Waals surface area contributed by atoms with Gasteiger partial charge in [0.15, 0.2) is 0 Å². The molecule has 1 fully saturated rings. The molecule has 5 heteroatoms. The summed E-state index contributed by atoms with van der Waals surface area (Å²) < 4.78 is 1.09. The first-order valence-electron chi connectivity index (χ1n) is 7.41. The number of amides is 1. The maximum absolute atomic E-state index is 12.3. The van der Waals surface area contributed by atoms with Crippen LogP contribution in [-0.2, 0) is 4.79 Å². The van der Waals surface area contributed by atoms with Gasteiger partial charge in [-0.25, -0.2) is 0 Å². The van der Waals surface area contributed by atoms with Gasteiger partial charge in [-0.1, -0.05) is 15.9 Å². The molecule has 1 heterocycles. The van der Waals surface area contributed by atoms with Crippen molar-refractivity contribution in [3.8, 4) is 0 Å². The molecule has 3 nitrogen and oxygen atoms in total. The van der Waals surface area contributed by atoms with Crippen molar-refractivity contribution in [2.24, 2.45) is 5.92 Å². The van der Waals surface area contributed by atoms with E-state index in [2.05, 4.69) is 40.3 Å². The summed E-state index contributed by atoms with van der Waals surface area (Å²) in [6.07, 6.45) is 2.24. The monoisotopic (exact) mass is 370 g/mol. The number of piperidine rings is 1. The summed E-state index contributed by atoms with van der Waals surface area (Å²) in [6.45, 7) is 4.96. The predicted octanol–water partition coefficient (Wildman–Crippen LogP) is 3.31. The molecular weight excluding hydrogens is 348 g/mol. The summed E-state index contributed by atoms with van der Waals surface area (Å²) in [5.41, 5.74) is 1.22. The third-order valence-corrected chi connectivity index (χ3v) is 5.60. The number of nitrogens with one attached hydrogen (secondary N) is 1. The van der Waals surface area contributed by atoms with Crippen LogP contribution >= 0.6 is 27.7 Å². The first-order valence-corrected chi connectivity index (χ1v) is 9.19. The zero-order chi connectivity index (χ0) is 15.2. The van der Waals surface area contributed by atoms with E-state index in [1.165, 1.54) is 10.5 Å². The van der Waals surface area contributed by atoms with Gasteiger partial charge in [0.1, 0.15) is 0 Å². The van der Waals surface area contributed by atoms with E-state index in [1.54, 1.807) is 11.8 Å². The van der Waals surface area contributed by atoms with Crippen molar-refractivity contribution in [2.75, 3.05) is 32.4 Å². The van der Waals surface area contributed by atoms with Gasteiger partial charge >= 0.3 is 0 Å². The molecule has 0 saturated carbocycles. The SMILES string of the molecule is CNCC1CCN(C(=O)CSc2ccc(Br)cc2C)CC1. The number of likely N-dealkylation sites (tertiary alicyclic amines) is 1. The lowest BCUT2D eigenvalue weighted by Crippen LogP contribution is -2.41. The fourth-order valence-corrected chi connectivity index (χ4v) is 4.07. The second kappa shape index (κ2) is 8.20. The van der Waals surface area contributed by atoms with E-state index >= 15 is 0 Å². The highest BCUT2D eigenvalue weighted by Crippen LogP contribution is 2.26. The van der Waals surface area contributed by atoms with E-state index in [0.29, 0.717) is 5.75 Å². The van der Waals surface area contributed by atoms with Gasteiger partial charge in [0.25, 0.3) is 0 Å². The molecule has 0 unspecified atom stereocenters. The van der Waals surface area contributed by atoms with Gasteiger partial charge < -0.3 is 10.2 Å². The number of benzene rings is 1. The molecule has 1 aliphatic heterocycles. The Bertz CT molecular complexity index is 487. The number of carbonyl (C=O) groups is 1. The summed E-state index contributed by atoms with van der Waals surface area (Å²) in [7, 11) is 1.99. The van der Waals surface area contributed by atoms with Crippen molar-refractivity contribution in [1.29, 1.82) is 0 Å². The van der Waals surface area contributed by atoms with Gasteiger partial charge in [0.05, 0.1) is 5.75 Å². The Hall–Kier alpha value is -0.520. The van der Waals surface area contributed by atoms with Crippen LogP contribution in [0.3, 0.4) is 0 Å². The lowest BCUT2D eigenvalue weighted by molar-refractivity contribution is -0.129. The fourth-order valence-electron chi connectivity index (χ4n) is 2.68. The zero-order valence-corrected chi connectivity index (χ0v) is 15.1. The van der Waals surface area contributed by atoms with Crippen LogP contribution in [0.4, 0.5) is 0 Å². The molecule has 21 heavy (non-hydrogen) atoms. The number of aryl methyl sites for hydroxylation is 1. The van der Waals surface area contributed by atoms with E-state index < -0.39 is 0 Å². The quantitative estimate of drug-likeness (QED) is 0.806. The summed E-state index contributed by atoms with van der Waals surface area (Å²) in [5, 5.41) is 3.23. The molecule has 1 aromatic rings. The molecule has 0 aromatic heterocycles. The number of rotatable bonds is 5. The van der Waals surface area contributed by atoms with Crippen LogP contribution in [0.2, 0.25) is 0 Å². The average molecular weight is 371 g/mol. The standard InChI is InChI=1S/C16H23BrN2OS/c1-12-9-14(17)3-4-15(12)21-11-16(20)19-7-5-13(6-8-19)10-18-2/h3-4,9,13,18H,5-8,10-11H2,1-2H3. The van der Waals surface area contributed by atoms with Gasteiger partial charge in [-0.15, -0.1) is 11.8 Å². The number of nitrogens with zero attached hydrogens (tertiary/aromatic N) is 1. The highest BCUT2D eigenvalue weighted by Gasteiger charge is 2.22. The van der Waals surface area contributed by atoms with Crippen molar-refractivity contribution in [3.05, 3.63) is 28.2 Å². The Labute approximate surface area is 140 Å². The number of carbonyl (C=O) groups excluding carboxylic acids is 1. The molecule has 0 bridgehead atoms. The Balaban J connectivity index is 1.80. The smallest absolute Gasteiger partial charge is 0.232 e. The van der Waals surface area contributed by atoms with E-state index in [4.69, 9.17) is 0 Å². The Morgan fingerprint density at radius 1 is 1.43 bits per heavy atom. The normalized spacial score (nSPS) is 16.2. The summed E-state index contributed by atoms with van der Waals surface area (Å²) in [6, 6.07) is 6.20. The Morgan fingerprint density at radius 3 is 2.76 bits per heavy atom. The van der Waals surface area contributed by atoms with Crippen LogP contribution in [0, 0.1) is 12.8 Å². The third-order valence-electron chi connectivity index (χ3n) is 3.95. The van der Waals surface area contributed by atoms with Crippen molar-refractivity contribution in [3.63, 3.8) is 0 Å². The number of thioether (sulfide) groups is 1. The van der Waals surface area contributed by atoms with Crippen LogP contribution in [0.25, 0.3) is 0 Å². The topological polar surface area (TPSA) is 32.3 Å². The second-order valence-electron chi connectivity index (χ2n) is 5.58. The lowest BCUT2D eigenvalue weighted by Gasteiger charge is -2.32. The van der Waals surface area contributed by atoms with Crippen LogP contribution in [0.15, 0.2) is 27.6 Å². The first kappa shape index (κ1) is 16.8. The fraction of sp³-hybridized carbons (Fsp3) is 0.562. The van der Waals surface area contributed by atoms with Crippen molar-refractivity contribution in [2.45, 2.75) is 24.7 Å². The first-order chi connectivity index (χ1) is 10.1. The minimum atomic E-state index is 0.269. The molecule has 0 radical (unpaired) electrons. The van der Waals surface area contributed by atoms with Crippen molar-refractivity contribution >= 4 is 33.6 Å². The minimum absolute atomic E-state index is 0.269. The molecule has 0 spiro atoms. The molecule has 116 valence electrons. The van der Waals surface area contributed by atoms with Gasteiger partial charge in [-0.3, -0.25) is 4.79 Å². The van der Waals surface area contributed by atoms with E-state index in [9.17, 15) is 4.79 Å². The zero-order valence-electron chi connectivity index (χ0n) is 12.7. The maximum atomic E-state index is 12.3. The third kappa shape index (κ3) is 5.01. The van der Waals surface area contributed by atoms with Crippen molar-refractivity contribution < 1.29 is 4.79 Å². The van der Waals surface area contributed by atoms with Gasteiger partial charge in [0.2, 0.25) is 5.91 Å². The van der Waals surface area contributed by atoms with Gasteiger partial charge in [0, 0.05) is 22.5 Å². The average Bonchev–Trinajstić information content (AvgIpc) is 2.47. The summed E-state index contributed by atoms with van der Waals surface area (Å²) in [4.78, 5) is 15.5. The molecule has 1 amide bonds. The molecule has 1 aromatic carbocycles. The largest absolute Gasteiger partial charge is 0.342 e. The maximum Gasteiger partial charge on any atom is 0.232 e. The van der Waals surface area contributed by atoms with Gasteiger partial charge in [-0.2, -0.15) is 0 Å². The minimum Gasteiger partial charge on any atom is -0.342 e. The van der Waals surface area contributed by atoms with Crippen LogP contribution in [0.5, 0.6) is 0 Å². The van der Waals surface area contributed by atoms with E-state index in [0.717, 1.165) is 42.9 Å². The highest BCUT2D eigenvalue weighted by molar-refractivity contribution is 9.10. The number of hydrogen-bond donors (Lipinski definition) is 1. The predicted molar refractivity (Wildman–Crippen MR) is 92.8 cm³/mol. The molecule has 1 aliphatic rings. The van der Waals surface area contributed by atoms with E-state index in [-0.39, 0.29) is 5.91 Å². The number of halogens is 1. The summed E-state index contributed by atoms with van der Waals surface area (Å²) in [5.74, 6) is 1.53. The van der Waals surface area contributed by atoms with Gasteiger partial charge in [-0.05, 0) is 63.0 Å². The lowest BCUT2D eigenvalue weighted by atomic mass is 9.97. The molecule has 1 N–H and O–H groups in total. The molecule has 1 saturated heterocycles. The molecular formula is C16H23BrN2OS. The van der Waals surface area contributed by atoms with E-state index in [1.807, 2.05) is 18.0 Å². The van der Waals surface area contributed by atoms with Crippen molar-refractivity contribution in [1.82, 2.24) is 10.2 Å². The number of hydrogen-bond acceptors (Lipinski definition) is 3. The molecule has 0 atom stereocenters. The Morgan fingerprint density at radius 2 is 2.14 bits per heavy atom. The Kier molecular flexibility index (Phi) is 6.58. The molecule has 2 rings (SSSR count). The molecule has 0 aliphatic carbocycles. The van der Waals surface area contributed by atoms with Crippen LogP contribution in [-0.4, -0.2) is 43.2 Å². The summed E-state index contributed by atoms with van der Waals surface area (Å²) >= 11 is 5.11. The van der Waals surface area contributed by atoms with Crippen LogP contribution < -0.4 is 5.32 Å². The second-order valence-corrected chi connectivity index (χ2v) is 7.51.